The summed E-state index contributed by atoms with van der Waals surface area (Å²) in [4.78, 5) is 15.6. The Morgan fingerprint density at radius 2 is 2.00 bits per heavy atom. The third-order valence-corrected chi connectivity index (χ3v) is 2.57. The van der Waals surface area contributed by atoms with Crippen LogP contribution >= 0.6 is 0 Å². The van der Waals surface area contributed by atoms with Gasteiger partial charge in [-0.05, 0) is 31.2 Å². The minimum Gasteiger partial charge on any atom is -0.406 e. The highest BCUT2D eigenvalue weighted by Crippen LogP contribution is 2.24. The number of aromatic nitrogens is 3. The molecule has 0 saturated carbocycles. The average Bonchev–Trinajstić information content (AvgIpc) is 2.92. The Labute approximate surface area is 117 Å². The Morgan fingerprint density at radius 3 is 2.52 bits per heavy atom. The quantitative estimate of drug-likeness (QED) is 0.941. The molecular formula is C12H11F3N4O2. The Morgan fingerprint density at radius 1 is 1.33 bits per heavy atom. The van der Waals surface area contributed by atoms with E-state index in [1.165, 1.54) is 29.5 Å². The summed E-state index contributed by atoms with van der Waals surface area (Å²) >= 11 is 0. The molecule has 0 aliphatic heterocycles. The first kappa shape index (κ1) is 14.8. The Kier molecular flexibility index (Phi) is 4.10. The number of anilines is 1. The molecule has 1 atom stereocenters. The van der Waals surface area contributed by atoms with Gasteiger partial charge in [0.15, 0.2) is 0 Å². The van der Waals surface area contributed by atoms with Crippen molar-refractivity contribution >= 4 is 11.6 Å². The molecule has 1 amide bonds. The van der Waals surface area contributed by atoms with Crippen molar-refractivity contribution in [2.75, 3.05) is 5.32 Å². The van der Waals surface area contributed by atoms with E-state index in [-0.39, 0.29) is 11.7 Å². The lowest BCUT2D eigenvalue weighted by molar-refractivity contribution is -0.274. The molecule has 1 N–H and O–H groups in total. The van der Waals surface area contributed by atoms with Crippen molar-refractivity contribution in [3.05, 3.63) is 36.9 Å². The van der Waals surface area contributed by atoms with Gasteiger partial charge in [-0.3, -0.25) is 4.79 Å². The van der Waals surface area contributed by atoms with Gasteiger partial charge < -0.3 is 10.1 Å². The molecule has 0 aliphatic rings. The number of amides is 1. The third-order valence-electron chi connectivity index (χ3n) is 2.57. The van der Waals surface area contributed by atoms with Gasteiger partial charge in [0.05, 0.1) is 0 Å². The average molecular weight is 300 g/mol. The normalized spacial score (nSPS) is 12.8. The number of hydrogen-bond acceptors (Lipinski definition) is 4. The van der Waals surface area contributed by atoms with Crippen molar-refractivity contribution < 1.29 is 22.7 Å². The summed E-state index contributed by atoms with van der Waals surface area (Å²) in [6.45, 7) is 1.62. The molecule has 0 saturated heterocycles. The van der Waals surface area contributed by atoms with E-state index in [1.807, 2.05) is 0 Å². The number of rotatable bonds is 4. The molecule has 112 valence electrons. The van der Waals surface area contributed by atoms with Gasteiger partial charge in [-0.1, -0.05) is 0 Å². The molecule has 21 heavy (non-hydrogen) atoms. The summed E-state index contributed by atoms with van der Waals surface area (Å²) in [5, 5.41) is 6.39. The summed E-state index contributed by atoms with van der Waals surface area (Å²) < 4.78 is 41.1. The van der Waals surface area contributed by atoms with Crippen LogP contribution in [0.4, 0.5) is 18.9 Å². The van der Waals surface area contributed by atoms with Crippen LogP contribution in [0.3, 0.4) is 0 Å². The maximum absolute atomic E-state index is 12.0. The SMILES string of the molecule is CC(C(=O)Nc1ccc(OC(F)(F)F)cc1)n1cncn1. The number of ether oxygens (including phenoxy) is 1. The number of alkyl halides is 3. The van der Waals surface area contributed by atoms with Crippen LogP contribution in [0.25, 0.3) is 0 Å². The minimum atomic E-state index is -4.74. The van der Waals surface area contributed by atoms with Crippen molar-refractivity contribution in [2.45, 2.75) is 19.3 Å². The van der Waals surface area contributed by atoms with Crippen LogP contribution in [0.2, 0.25) is 0 Å². The van der Waals surface area contributed by atoms with Crippen molar-refractivity contribution in [1.82, 2.24) is 14.8 Å². The van der Waals surface area contributed by atoms with Crippen molar-refractivity contribution in [1.29, 1.82) is 0 Å². The molecule has 1 heterocycles. The number of nitrogens with zero attached hydrogens (tertiary/aromatic N) is 3. The van der Waals surface area contributed by atoms with E-state index >= 15 is 0 Å². The Bertz CT molecular complexity index is 596. The first-order valence-corrected chi connectivity index (χ1v) is 5.86. The van der Waals surface area contributed by atoms with Crippen LogP contribution < -0.4 is 10.1 Å². The standard InChI is InChI=1S/C12H11F3N4O2/c1-8(19-7-16-6-17-19)11(20)18-9-2-4-10(5-3-9)21-12(13,14)15/h2-8H,1H3,(H,18,20). The zero-order chi connectivity index (χ0) is 15.5. The topological polar surface area (TPSA) is 69.0 Å². The van der Waals surface area contributed by atoms with E-state index in [0.717, 1.165) is 12.1 Å². The van der Waals surface area contributed by atoms with Crippen LogP contribution in [-0.4, -0.2) is 27.0 Å². The monoisotopic (exact) mass is 300 g/mol. The fourth-order valence-corrected chi connectivity index (χ4v) is 1.52. The molecule has 1 aromatic carbocycles. The molecule has 0 fully saturated rings. The largest absolute Gasteiger partial charge is 0.573 e. The number of benzene rings is 1. The highest BCUT2D eigenvalue weighted by atomic mass is 19.4. The zero-order valence-corrected chi connectivity index (χ0v) is 10.8. The first-order valence-electron chi connectivity index (χ1n) is 5.86. The van der Waals surface area contributed by atoms with Crippen molar-refractivity contribution in [3.8, 4) is 5.75 Å². The fourth-order valence-electron chi connectivity index (χ4n) is 1.52. The highest BCUT2D eigenvalue weighted by Gasteiger charge is 2.31. The minimum absolute atomic E-state index is 0.349. The second kappa shape index (κ2) is 5.81. The lowest BCUT2D eigenvalue weighted by Gasteiger charge is -2.13. The number of nitrogens with one attached hydrogen (secondary N) is 1. The number of hydrogen-bond donors (Lipinski definition) is 1. The molecule has 6 nitrogen and oxygen atoms in total. The van der Waals surface area contributed by atoms with Gasteiger partial charge in [0.2, 0.25) is 5.91 Å². The molecule has 1 unspecified atom stereocenters. The van der Waals surface area contributed by atoms with E-state index in [4.69, 9.17) is 0 Å². The number of carbonyl (C=O) groups excluding carboxylic acids is 1. The molecule has 2 aromatic rings. The number of halogens is 3. The van der Waals surface area contributed by atoms with Crippen LogP contribution in [0.15, 0.2) is 36.9 Å². The Hall–Kier alpha value is -2.58. The van der Waals surface area contributed by atoms with Gasteiger partial charge in [0.1, 0.15) is 24.4 Å². The van der Waals surface area contributed by atoms with Crippen molar-refractivity contribution in [2.24, 2.45) is 0 Å². The molecule has 0 radical (unpaired) electrons. The zero-order valence-electron chi connectivity index (χ0n) is 10.8. The maximum atomic E-state index is 12.0. The maximum Gasteiger partial charge on any atom is 0.573 e. The first-order chi connectivity index (χ1) is 9.85. The summed E-state index contributed by atoms with van der Waals surface area (Å²) in [6, 6.07) is 4.26. The predicted octanol–water partition coefficient (Wildman–Crippen LogP) is 2.38. The second-order valence-corrected chi connectivity index (χ2v) is 4.11. The van der Waals surface area contributed by atoms with Crippen LogP contribution in [0.5, 0.6) is 5.75 Å². The lowest BCUT2D eigenvalue weighted by atomic mass is 10.2. The van der Waals surface area contributed by atoms with E-state index < -0.39 is 12.4 Å². The van der Waals surface area contributed by atoms with Gasteiger partial charge in [0, 0.05) is 5.69 Å². The fraction of sp³-hybridized carbons (Fsp3) is 0.250. The second-order valence-electron chi connectivity index (χ2n) is 4.11. The van der Waals surface area contributed by atoms with Gasteiger partial charge >= 0.3 is 6.36 Å². The molecule has 0 aliphatic carbocycles. The van der Waals surface area contributed by atoms with Crippen LogP contribution in [0, 0.1) is 0 Å². The van der Waals surface area contributed by atoms with Gasteiger partial charge in [-0.15, -0.1) is 13.2 Å². The van der Waals surface area contributed by atoms with E-state index in [2.05, 4.69) is 20.1 Å². The van der Waals surface area contributed by atoms with Crippen molar-refractivity contribution in [3.63, 3.8) is 0 Å². The lowest BCUT2D eigenvalue weighted by Crippen LogP contribution is -2.24. The predicted molar refractivity (Wildman–Crippen MR) is 66.5 cm³/mol. The molecule has 1 aromatic heterocycles. The molecule has 2 rings (SSSR count). The summed E-state index contributed by atoms with van der Waals surface area (Å²) in [5.74, 6) is -0.727. The van der Waals surface area contributed by atoms with Crippen LogP contribution in [-0.2, 0) is 4.79 Å². The van der Waals surface area contributed by atoms with Gasteiger partial charge in [-0.25, -0.2) is 9.67 Å². The summed E-state index contributed by atoms with van der Waals surface area (Å²) in [7, 11) is 0. The summed E-state index contributed by atoms with van der Waals surface area (Å²) in [5.41, 5.74) is 0.349. The Balaban J connectivity index is 1.98. The van der Waals surface area contributed by atoms with Gasteiger partial charge in [0.25, 0.3) is 0 Å². The van der Waals surface area contributed by atoms with Crippen LogP contribution in [0.1, 0.15) is 13.0 Å². The van der Waals surface area contributed by atoms with E-state index in [0.29, 0.717) is 5.69 Å². The smallest absolute Gasteiger partial charge is 0.406 e. The highest BCUT2D eigenvalue weighted by molar-refractivity contribution is 5.93. The third kappa shape index (κ3) is 4.20. The summed E-state index contributed by atoms with van der Waals surface area (Å²) in [6.07, 6.45) is -2.05. The molecular weight excluding hydrogens is 289 g/mol. The molecule has 0 spiro atoms. The number of carbonyl (C=O) groups is 1. The van der Waals surface area contributed by atoms with Gasteiger partial charge in [-0.2, -0.15) is 5.10 Å². The van der Waals surface area contributed by atoms with E-state index in [1.54, 1.807) is 6.92 Å². The molecule has 0 bridgehead atoms. The molecule has 9 heteroatoms. The van der Waals surface area contributed by atoms with E-state index in [9.17, 15) is 18.0 Å².